The van der Waals surface area contributed by atoms with E-state index in [0.29, 0.717) is 12.5 Å². The van der Waals surface area contributed by atoms with Crippen molar-refractivity contribution in [2.75, 3.05) is 12.5 Å². The fourth-order valence-electron chi connectivity index (χ4n) is 0.809. The molecule has 0 amide bonds. The number of hydrogen-bond donors (Lipinski definition) is 0. The van der Waals surface area contributed by atoms with Gasteiger partial charge in [0.2, 0.25) is 0 Å². The molecule has 0 aromatic rings. The monoisotopic (exact) mass is 162 g/mol. The van der Waals surface area contributed by atoms with E-state index in [4.69, 9.17) is 21.1 Å². The van der Waals surface area contributed by atoms with Gasteiger partial charge in [0, 0.05) is 0 Å². The van der Waals surface area contributed by atoms with Gasteiger partial charge in [-0.05, 0) is 13.0 Å². The van der Waals surface area contributed by atoms with Gasteiger partial charge in [-0.2, -0.15) is 0 Å². The van der Waals surface area contributed by atoms with E-state index >= 15 is 0 Å². The third kappa shape index (κ3) is 1.97. The van der Waals surface area contributed by atoms with E-state index < -0.39 is 0 Å². The molecule has 1 rings (SSSR count). The van der Waals surface area contributed by atoms with Crippen LogP contribution < -0.4 is 0 Å². The first kappa shape index (κ1) is 8.05. The summed E-state index contributed by atoms with van der Waals surface area (Å²) in [5.41, 5.74) is 0. The molecule has 2 atom stereocenters. The van der Waals surface area contributed by atoms with Crippen LogP contribution in [0.3, 0.4) is 0 Å². The number of allylic oxidation sites excluding steroid dienone is 1. The Morgan fingerprint density at radius 1 is 1.70 bits per heavy atom. The lowest BCUT2D eigenvalue weighted by Gasteiger charge is -2.03. The van der Waals surface area contributed by atoms with E-state index in [1.807, 2.05) is 19.1 Å². The highest BCUT2D eigenvalue weighted by Gasteiger charge is 2.22. The minimum atomic E-state index is -0.172. The Bertz CT molecular complexity index is 125. The van der Waals surface area contributed by atoms with Crippen LogP contribution in [0.4, 0.5) is 0 Å². The molecule has 0 bridgehead atoms. The molecule has 1 aliphatic heterocycles. The van der Waals surface area contributed by atoms with Crippen LogP contribution in [-0.2, 0) is 9.47 Å². The molecule has 0 unspecified atom stereocenters. The smallest absolute Gasteiger partial charge is 0.177 e. The van der Waals surface area contributed by atoms with Crippen LogP contribution in [0.15, 0.2) is 12.2 Å². The minimum absolute atomic E-state index is 0.0721. The van der Waals surface area contributed by atoms with E-state index in [1.54, 1.807) is 0 Å². The molecular weight excluding hydrogens is 152 g/mol. The Hall–Kier alpha value is -0.0500. The number of hydrogen-bond acceptors (Lipinski definition) is 2. The summed E-state index contributed by atoms with van der Waals surface area (Å²) in [6.07, 6.45) is 3.67. The van der Waals surface area contributed by atoms with Crippen LogP contribution in [0.5, 0.6) is 0 Å². The van der Waals surface area contributed by atoms with Gasteiger partial charge in [0.25, 0.3) is 0 Å². The number of alkyl halides is 1. The summed E-state index contributed by atoms with van der Waals surface area (Å²) in [7, 11) is 0. The zero-order chi connectivity index (χ0) is 7.40. The minimum Gasteiger partial charge on any atom is -0.346 e. The fraction of sp³-hybridized carbons (Fsp3) is 0.714. The van der Waals surface area contributed by atoms with Gasteiger partial charge < -0.3 is 9.47 Å². The molecule has 0 spiro atoms. The molecule has 0 radical (unpaired) electrons. The van der Waals surface area contributed by atoms with Crippen LogP contribution in [-0.4, -0.2) is 24.9 Å². The first-order valence-corrected chi connectivity index (χ1v) is 3.86. The van der Waals surface area contributed by atoms with E-state index in [9.17, 15) is 0 Å². The average Bonchev–Trinajstić information content (AvgIpc) is 2.37. The van der Waals surface area contributed by atoms with Gasteiger partial charge in [-0.25, -0.2) is 0 Å². The third-order valence-electron chi connectivity index (χ3n) is 1.29. The summed E-state index contributed by atoms with van der Waals surface area (Å²) in [4.78, 5) is 0. The highest BCUT2D eigenvalue weighted by atomic mass is 35.5. The molecule has 0 aromatic carbocycles. The SMILES string of the molecule is C/C=C/[C@H]1OC[C@H](CCl)O1. The predicted octanol–water partition coefficient (Wildman–Crippen LogP) is 1.54. The van der Waals surface area contributed by atoms with Crippen molar-refractivity contribution in [3.05, 3.63) is 12.2 Å². The van der Waals surface area contributed by atoms with Crippen LogP contribution >= 0.6 is 11.6 Å². The summed E-state index contributed by atoms with van der Waals surface area (Å²) in [6.45, 7) is 2.54. The summed E-state index contributed by atoms with van der Waals surface area (Å²) < 4.78 is 10.5. The Morgan fingerprint density at radius 3 is 3.00 bits per heavy atom. The molecule has 0 saturated carbocycles. The van der Waals surface area contributed by atoms with Crippen molar-refractivity contribution in [1.82, 2.24) is 0 Å². The maximum atomic E-state index is 5.54. The first-order chi connectivity index (χ1) is 4.86. The fourth-order valence-corrected chi connectivity index (χ4v) is 0.971. The van der Waals surface area contributed by atoms with Crippen LogP contribution in [0.1, 0.15) is 6.92 Å². The van der Waals surface area contributed by atoms with Crippen molar-refractivity contribution < 1.29 is 9.47 Å². The lowest BCUT2D eigenvalue weighted by Crippen LogP contribution is -2.12. The number of halogens is 1. The molecule has 1 heterocycles. The van der Waals surface area contributed by atoms with Gasteiger partial charge in [-0.15, -0.1) is 11.6 Å². The maximum Gasteiger partial charge on any atom is 0.177 e. The molecular formula is C7H11ClO2. The molecule has 58 valence electrons. The van der Waals surface area contributed by atoms with Gasteiger partial charge >= 0.3 is 0 Å². The quantitative estimate of drug-likeness (QED) is 0.453. The molecule has 1 fully saturated rings. The standard InChI is InChI=1S/C7H11ClO2/c1-2-3-7-9-5-6(4-8)10-7/h2-3,6-7H,4-5H2,1H3/b3-2+/t6-,7-/m0/s1. The first-order valence-electron chi connectivity index (χ1n) is 3.32. The molecule has 1 saturated heterocycles. The maximum absolute atomic E-state index is 5.54. The molecule has 1 aliphatic rings. The van der Waals surface area contributed by atoms with Crippen molar-refractivity contribution in [2.45, 2.75) is 19.3 Å². The average molecular weight is 163 g/mol. The summed E-state index contributed by atoms with van der Waals surface area (Å²) >= 11 is 5.54. The lowest BCUT2D eigenvalue weighted by atomic mass is 10.4. The predicted molar refractivity (Wildman–Crippen MR) is 40.1 cm³/mol. The van der Waals surface area contributed by atoms with Gasteiger partial charge in [-0.3, -0.25) is 0 Å². The van der Waals surface area contributed by atoms with E-state index in [1.165, 1.54) is 0 Å². The summed E-state index contributed by atoms with van der Waals surface area (Å²) in [5.74, 6) is 0.508. The second-order valence-corrected chi connectivity index (χ2v) is 2.45. The van der Waals surface area contributed by atoms with E-state index in [2.05, 4.69) is 0 Å². The van der Waals surface area contributed by atoms with Crippen molar-refractivity contribution in [1.29, 1.82) is 0 Å². The largest absolute Gasteiger partial charge is 0.346 e. The molecule has 0 aromatic heterocycles. The topological polar surface area (TPSA) is 18.5 Å². The van der Waals surface area contributed by atoms with E-state index in [-0.39, 0.29) is 12.4 Å². The zero-order valence-corrected chi connectivity index (χ0v) is 6.67. The summed E-state index contributed by atoms with van der Waals surface area (Å²) in [5, 5.41) is 0. The Balaban J connectivity index is 2.28. The van der Waals surface area contributed by atoms with Gasteiger partial charge in [-0.1, -0.05) is 6.08 Å². The molecule has 3 heteroatoms. The van der Waals surface area contributed by atoms with Gasteiger partial charge in [0.05, 0.1) is 18.6 Å². The molecule has 0 aliphatic carbocycles. The lowest BCUT2D eigenvalue weighted by molar-refractivity contribution is -0.0156. The zero-order valence-electron chi connectivity index (χ0n) is 5.92. The van der Waals surface area contributed by atoms with Crippen LogP contribution in [0.2, 0.25) is 0 Å². The highest BCUT2D eigenvalue weighted by molar-refractivity contribution is 6.18. The second-order valence-electron chi connectivity index (χ2n) is 2.14. The Labute approximate surface area is 65.8 Å². The summed E-state index contributed by atoms with van der Waals surface area (Å²) in [6, 6.07) is 0. The second kappa shape index (κ2) is 3.96. The van der Waals surface area contributed by atoms with Crippen molar-refractivity contribution in [3.8, 4) is 0 Å². The molecule has 10 heavy (non-hydrogen) atoms. The van der Waals surface area contributed by atoms with Gasteiger partial charge in [0.15, 0.2) is 6.29 Å². The van der Waals surface area contributed by atoms with Crippen LogP contribution in [0, 0.1) is 0 Å². The van der Waals surface area contributed by atoms with Crippen molar-refractivity contribution in [3.63, 3.8) is 0 Å². The van der Waals surface area contributed by atoms with Crippen LogP contribution in [0.25, 0.3) is 0 Å². The van der Waals surface area contributed by atoms with Crippen molar-refractivity contribution in [2.24, 2.45) is 0 Å². The number of ether oxygens (including phenoxy) is 2. The third-order valence-corrected chi connectivity index (χ3v) is 1.64. The van der Waals surface area contributed by atoms with Gasteiger partial charge in [0.1, 0.15) is 0 Å². The molecule has 2 nitrogen and oxygen atoms in total. The Morgan fingerprint density at radius 2 is 2.50 bits per heavy atom. The number of rotatable bonds is 2. The van der Waals surface area contributed by atoms with E-state index in [0.717, 1.165) is 0 Å². The van der Waals surface area contributed by atoms with Crippen molar-refractivity contribution >= 4 is 11.6 Å². The Kier molecular flexibility index (Phi) is 3.19. The highest BCUT2D eigenvalue weighted by Crippen LogP contribution is 2.13. The molecule has 0 N–H and O–H groups in total. The normalized spacial score (nSPS) is 33.8.